The molecule has 1 aliphatic rings. The fraction of sp³-hybridized carbons (Fsp3) is 0.667. The van der Waals surface area contributed by atoms with Crippen molar-refractivity contribution in [3.63, 3.8) is 0 Å². The lowest BCUT2D eigenvalue weighted by molar-refractivity contribution is -0.138. The molecule has 7 nitrogen and oxygen atoms in total. The molecule has 0 aliphatic heterocycles. The van der Waals surface area contributed by atoms with Gasteiger partial charge in [0.25, 0.3) is 0 Å². The first-order valence-electron chi connectivity index (χ1n) is 6.36. The van der Waals surface area contributed by atoms with Gasteiger partial charge in [-0.15, -0.1) is 0 Å². The molecule has 1 saturated carbocycles. The van der Waals surface area contributed by atoms with Crippen LogP contribution in [-0.2, 0) is 16.0 Å². The Balaban J connectivity index is 1.83. The molecule has 1 aliphatic carbocycles. The van der Waals surface area contributed by atoms with Crippen molar-refractivity contribution < 1.29 is 19.2 Å². The molecule has 0 radical (unpaired) electrons. The Labute approximate surface area is 110 Å². The highest BCUT2D eigenvalue weighted by Gasteiger charge is 2.32. The molecule has 104 valence electrons. The van der Waals surface area contributed by atoms with Gasteiger partial charge >= 0.3 is 5.97 Å². The van der Waals surface area contributed by atoms with Crippen LogP contribution in [0.25, 0.3) is 0 Å². The van der Waals surface area contributed by atoms with Crippen molar-refractivity contribution >= 4 is 11.9 Å². The Hall–Kier alpha value is -1.92. The number of hydrogen-bond donors (Lipinski definition) is 1. The minimum Gasteiger partial charge on any atom is -0.481 e. The van der Waals surface area contributed by atoms with Gasteiger partial charge in [0.15, 0.2) is 5.82 Å². The quantitative estimate of drug-likeness (QED) is 0.784. The average molecular weight is 267 g/mol. The first-order chi connectivity index (χ1) is 9.06. The van der Waals surface area contributed by atoms with Crippen LogP contribution in [0.1, 0.15) is 37.4 Å². The molecule has 1 aromatic heterocycles. The second-order valence-corrected chi connectivity index (χ2v) is 4.70. The van der Waals surface area contributed by atoms with Gasteiger partial charge < -0.3 is 14.5 Å². The van der Waals surface area contributed by atoms with Crippen LogP contribution >= 0.6 is 0 Å². The van der Waals surface area contributed by atoms with Crippen molar-refractivity contribution in [2.75, 3.05) is 6.54 Å². The highest BCUT2D eigenvalue weighted by molar-refractivity contribution is 5.77. The number of carbonyl (C=O) groups is 2. The average Bonchev–Trinajstić information content (AvgIpc) is 3.09. The Morgan fingerprint density at radius 2 is 2.16 bits per heavy atom. The molecule has 19 heavy (non-hydrogen) atoms. The van der Waals surface area contributed by atoms with Crippen molar-refractivity contribution in [1.82, 2.24) is 15.0 Å². The summed E-state index contributed by atoms with van der Waals surface area (Å²) in [5.74, 6) is 0.0674. The Morgan fingerprint density at radius 1 is 1.42 bits per heavy atom. The number of aryl methyl sites for hydroxylation is 2. The molecular weight excluding hydrogens is 250 g/mol. The zero-order chi connectivity index (χ0) is 13.8. The molecule has 0 bridgehead atoms. The van der Waals surface area contributed by atoms with Crippen molar-refractivity contribution in [3.05, 3.63) is 11.7 Å². The summed E-state index contributed by atoms with van der Waals surface area (Å²) in [5.41, 5.74) is 0. The van der Waals surface area contributed by atoms with Crippen molar-refractivity contribution in [1.29, 1.82) is 0 Å². The lowest BCUT2D eigenvalue weighted by atomic mass is 10.2. The normalized spacial score (nSPS) is 14.4. The molecule has 0 unspecified atom stereocenters. The van der Waals surface area contributed by atoms with Gasteiger partial charge in [0.1, 0.15) is 0 Å². The highest BCUT2D eigenvalue weighted by atomic mass is 16.5. The van der Waals surface area contributed by atoms with Crippen LogP contribution in [-0.4, -0.2) is 44.6 Å². The number of aliphatic carboxylic acids is 1. The molecule has 1 aromatic rings. The summed E-state index contributed by atoms with van der Waals surface area (Å²) in [7, 11) is 0. The molecule has 0 saturated heterocycles. The van der Waals surface area contributed by atoms with E-state index in [-0.39, 0.29) is 31.3 Å². The van der Waals surface area contributed by atoms with Gasteiger partial charge in [-0.2, -0.15) is 4.98 Å². The van der Waals surface area contributed by atoms with Crippen LogP contribution in [0.2, 0.25) is 0 Å². The van der Waals surface area contributed by atoms with Crippen LogP contribution in [0.3, 0.4) is 0 Å². The maximum Gasteiger partial charge on any atom is 0.305 e. The fourth-order valence-electron chi connectivity index (χ4n) is 1.91. The Morgan fingerprint density at radius 3 is 2.68 bits per heavy atom. The molecule has 1 fully saturated rings. The van der Waals surface area contributed by atoms with Crippen LogP contribution in [0, 0.1) is 6.92 Å². The summed E-state index contributed by atoms with van der Waals surface area (Å²) in [6.07, 6.45) is 2.59. The van der Waals surface area contributed by atoms with Gasteiger partial charge in [-0.1, -0.05) is 5.16 Å². The van der Waals surface area contributed by atoms with Crippen molar-refractivity contribution in [2.45, 2.75) is 45.1 Å². The highest BCUT2D eigenvalue weighted by Crippen LogP contribution is 2.27. The van der Waals surface area contributed by atoms with Gasteiger partial charge in [0.05, 0.1) is 6.42 Å². The molecule has 0 atom stereocenters. The van der Waals surface area contributed by atoms with E-state index < -0.39 is 5.97 Å². The van der Waals surface area contributed by atoms with E-state index in [1.165, 1.54) is 0 Å². The summed E-state index contributed by atoms with van der Waals surface area (Å²) in [6.45, 7) is 2.00. The topological polar surface area (TPSA) is 96.5 Å². The molecule has 0 aromatic carbocycles. The van der Waals surface area contributed by atoms with E-state index in [1.54, 1.807) is 11.8 Å². The van der Waals surface area contributed by atoms with E-state index in [0.717, 1.165) is 12.8 Å². The van der Waals surface area contributed by atoms with Crippen molar-refractivity contribution in [2.24, 2.45) is 0 Å². The van der Waals surface area contributed by atoms with Gasteiger partial charge in [-0.25, -0.2) is 0 Å². The second-order valence-electron chi connectivity index (χ2n) is 4.70. The summed E-state index contributed by atoms with van der Waals surface area (Å²) in [6, 6.07) is 0.219. The molecule has 1 N–H and O–H groups in total. The number of aromatic nitrogens is 2. The Bertz CT molecular complexity index is 467. The van der Waals surface area contributed by atoms with E-state index in [0.29, 0.717) is 18.1 Å². The number of hydrogen-bond acceptors (Lipinski definition) is 5. The minimum absolute atomic E-state index is 0.0120. The number of carboxylic acid groups (broad SMARTS) is 1. The predicted octanol–water partition coefficient (Wildman–Crippen LogP) is 0.776. The van der Waals surface area contributed by atoms with E-state index >= 15 is 0 Å². The Kier molecular flexibility index (Phi) is 4.13. The summed E-state index contributed by atoms with van der Waals surface area (Å²) < 4.78 is 4.94. The van der Waals surface area contributed by atoms with Gasteiger partial charge in [-0.05, 0) is 19.8 Å². The largest absolute Gasteiger partial charge is 0.481 e. The van der Waals surface area contributed by atoms with Crippen LogP contribution in [0.5, 0.6) is 0 Å². The van der Waals surface area contributed by atoms with Gasteiger partial charge in [0.2, 0.25) is 11.8 Å². The number of carboxylic acids is 1. The second kappa shape index (κ2) is 5.81. The maximum absolute atomic E-state index is 12.1. The van der Waals surface area contributed by atoms with Gasteiger partial charge in [-0.3, -0.25) is 9.59 Å². The minimum atomic E-state index is -0.883. The third kappa shape index (κ3) is 4.04. The number of nitrogens with zero attached hydrogens (tertiary/aromatic N) is 3. The van der Waals surface area contributed by atoms with Crippen LogP contribution in [0.15, 0.2) is 4.52 Å². The molecule has 2 rings (SSSR count). The number of rotatable bonds is 7. The van der Waals surface area contributed by atoms with E-state index in [1.807, 2.05) is 0 Å². The zero-order valence-electron chi connectivity index (χ0n) is 10.8. The van der Waals surface area contributed by atoms with Crippen molar-refractivity contribution in [3.8, 4) is 0 Å². The smallest absolute Gasteiger partial charge is 0.305 e. The van der Waals surface area contributed by atoms with Crippen LogP contribution < -0.4 is 0 Å². The summed E-state index contributed by atoms with van der Waals surface area (Å²) in [5, 5.41) is 12.3. The third-order valence-electron chi connectivity index (χ3n) is 3.00. The van der Waals surface area contributed by atoms with E-state index in [2.05, 4.69) is 10.1 Å². The molecule has 1 heterocycles. The summed E-state index contributed by atoms with van der Waals surface area (Å²) in [4.78, 5) is 28.3. The maximum atomic E-state index is 12.1. The van der Waals surface area contributed by atoms with E-state index in [9.17, 15) is 9.59 Å². The molecule has 7 heteroatoms. The predicted molar refractivity (Wildman–Crippen MR) is 64.3 cm³/mol. The molecule has 1 amide bonds. The number of carbonyl (C=O) groups excluding carboxylic acids is 1. The fourth-order valence-corrected chi connectivity index (χ4v) is 1.91. The van der Waals surface area contributed by atoms with Crippen LogP contribution in [0.4, 0.5) is 0 Å². The third-order valence-corrected chi connectivity index (χ3v) is 3.00. The van der Waals surface area contributed by atoms with Gasteiger partial charge in [0, 0.05) is 25.4 Å². The molecule has 0 spiro atoms. The lowest BCUT2D eigenvalue weighted by Gasteiger charge is -2.21. The van der Waals surface area contributed by atoms with E-state index in [4.69, 9.17) is 9.63 Å². The number of amides is 1. The monoisotopic (exact) mass is 267 g/mol. The SMILES string of the molecule is Cc1noc(CCC(=O)N(CCC(=O)O)C2CC2)n1. The summed E-state index contributed by atoms with van der Waals surface area (Å²) >= 11 is 0. The molecular formula is C12H17N3O4. The standard InChI is InChI=1S/C12H17N3O4/c1-8-13-10(19-14-8)4-5-11(16)15(9-2-3-9)7-6-12(17)18/h9H,2-7H2,1H3,(H,17,18). The first kappa shape index (κ1) is 13.5. The zero-order valence-corrected chi connectivity index (χ0v) is 10.8. The first-order valence-corrected chi connectivity index (χ1v) is 6.36. The lowest BCUT2D eigenvalue weighted by Crippen LogP contribution is -2.35.